The van der Waals surface area contributed by atoms with Gasteiger partial charge in [-0.05, 0) is 29.8 Å². The quantitative estimate of drug-likeness (QED) is 0.344. The van der Waals surface area contributed by atoms with Crippen molar-refractivity contribution in [2.45, 2.75) is 0 Å². The van der Waals surface area contributed by atoms with E-state index >= 15 is 0 Å². The fourth-order valence-electron chi connectivity index (χ4n) is 2.26. The van der Waals surface area contributed by atoms with Crippen LogP contribution in [-0.4, -0.2) is 26.3 Å². The second-order valence-corrected chi connectivity index (χ2v) is 4.92. The molecule has 2 aromatic rings. The van der Waals surface area contributed by atoms with Gasteiger partial charge in [0, 0.05) is 23.8 Å². The number of nitro benzene ring substituents is 1. The molecule has 25 heavy (non-hydrogen) atoms. The van der Waals surface area contributed by atoms with Crippen LogP contribution in [-0.2, 0) is 0 Å². The molecular formula is C18H16N2O5. The van der Waals surface area contributed by atoms with Crippen LogP contribution in [0.25, 0.3) is 11.6 Å². The lowest BCUT2D eigenvalue weighted by atomic mass is 10.0. The Morgan fingerprint density at radius 2 is 1.60 bits per heavy atom. The van der Waals surface area contributed by atoms with Gasteiger partial charge in [-0.15, -0.1) is 0 Å². The Morgan fingerprint density at radius 1 is 1.04 bits per heavy atom. The topological polar surface area (TPSA) is 94.6 Å². The number of nitriles is 1. The third kappa shape index (κ3) is 3.87. The molecule has 0 amide bonds. The molecule has 0 bridgehead atoms. The molecule has 0 saturated heterocycles. The van der Waals surface area contributed by atoms with E-state index in [1.807, 2.05) is 0 Å². The molecule has 0 unspecified atom stereocenters. The highest BCUT2D eigenvalue weighted by Gasteiger charge is 2.12. The van der Waals surface area contributed by atoms with E-state index in [9.17, 15) is 15.4 Å². The summed E-state index contributed by atoms with van der Waals surface area (Å²) in [6.07, 6.45) is 1.63. The summed E-state index contributed by atoms with van der Waals surface area (Å²) in [4.78, 5) is 10.3. The molecule has 128 valence electrons. The van der Waals surface area contributed by atoms with Gasteiger partial charge >= 0.3 is 0 Å². The van der Waals surface area contributed by atoms with Crippen LogP contribution in [0.2, 0.25) is 0 Å². The van der Waals surface area contributed by atoms with Gasteiger partial charge in [-0.2, -0.15) is 5.26 Å². The second-order valence-electron chi connectivity index (χ2n) is 4.92. The molecule has 0 aliphatic carbocycles. The van der Waals surface area contributed by atoms with E-state index in [2.05, 4.69) is 6.07 Å². The summed E-state index contributed by atoms with van der Waals surface area (Å²) in [6.45, 7) is 0. The van der Waals surface area contributed by atoms with E-state index in [0.29, 0.717) is 33.9 Å². The standard InChI is InChI=1S/C18H16N2O5/c1-23-16-10-18(25-3)17(24-2)9-13(16)8-14(11-19)12-4-6-15(7-5-12)20(21)22/h4-10H,1-3H3/b14-8-. The van der Waals surface area contributed by atoms with Gasteiger partial charge in [0.2, 0.25) is 0 Å². The average Bonchev–Trinajstić information content (AvgIpc) is 2.65. The third-order valence-electron chi connectivity index (χ3n) is 3.55. The number of non-ortho nitro benzene ring substituents is 1. The summed E-state index contributed by atoms with van der Waals surface area (Å²) >= 11 is 0. The fraction of sp³-hybridized carbons (Fsp3) is 0.167. The van der Waals surface area contributed by atoms with Crippen molar-refractivity contribution in [3.63, 3.8) is 0 Å². The predicted molar refractivity (Wildman–Crippen MR) is 92.7 cm³/mol. The van der Waals surface area contributed by atoms with Crippen LogP contribution < -0.4 is 14.2 Å². The van der Waals surface area contributed by atoms with Gasteiger partial charge in [-0.25, -0.2) is 0 Å². The number of methoxy groups -OCH3 is 3. The molecule has 0 N–H and O–H groups in total. The van der Waals surface area contributed by atoms with Crippen LogP contribution in [0.5, 0.6) is 17.2 Å². The number of benzene rings is 2. The molecule has 7 nitrogen and oxygen atoms in total. The third-order valence-corrected chi connectivity index (χ3v) is 3.55. The van der Waals surface area contributed by atoms with Crippen molar-refractivity contribution >= 4 is 17.3 Å². The molecule has 0 aliphatic rings. The molecule has 0 aromatic heterocycles. The van der Waals surface area contributed by atoms with Gasteiger partial charge < -0.3 is 14.2 Å². The highest BCUT2D eigenvalue weighted by Crippen LogP contribution is 2.36. The summed E-state index contributed by atoms with van der Waals surface area (Å²) in [7, 11) is 4.54. The summed E-state index contributed by atoms with van der Waals surface area (Å²) < 4.78 is 15.8. The fourth-order valence-corrected chi connectivity index (χ4v) is 2.26. The zero-order valence-corrected chi connectivity index (χ0v) is 14.0. The largest absolute Gasteiger partial charge is 0.496 e. The van der Waals surface area contributed by atoms with Crippen LogP contribution in [0.4, 0.5) is 5.69 Å². The van der Waals surface area contributed by atoms with E-state index in [-0.39, 0.29) is 5.69 Å². The van der Waals surface area contributed by atoms with E-state index in [1.54, 1.807) is 18.2 Å². The maximum absolute atomic E-state index is 10.7. The lowest BCUT2D eigenvalue weighted by Crippen LogP contribution is -1.95. The van der Waals surface area contributed by atoms with E-state index < -0.39 is 4.92 Å². The molecule has 0 saturated carbocycles. The number of hydrogen-bond acceptors (Lipinski definition) is 6. The zero-order valence-electron chi connectivity index (χ0n) is 14.0. The molecule has 0 heterocycles. The first-order valence-corrected chi connectivity index (χ1v) is 7.20. The molecule has 0 atom stereocenters. The summed E-state index contributed by atoms with van der Waals surface area (Å²) in [5, 5.41) is 20.2. The Bertz CT molecular complexity index is 851. The number of hydrogen-bond donors (Lipinski definition) is 0. The molecular weight excluding hydrogens is 324 g/mol. The second kappa shape index (κ2) is 7.84. The van der Waals surface area contributed by atoms with Gasteiger partial charge in [-0.1, -0.05) is 0 Å². The van der Waals surface area contributed by atoms with Gasteiger partial charge in [0.1, 0.15) is 5.75 Å². The van der Waals surface area contributed by atoms with Crippen LogP contribution in [0.15, 0.2) is 36.4 Å². The lowest BCUT2D eigenvalue weighted by Gasteiger charge is -2.12. The minimum Gasteiger partial charge on any atom is -0.496 e. The smallest absolute Gasteiger partial charge is 0.269 e. The Balaban J connectivity index is 2.52. The molecule has 0 radical (unpaired) electrons. The zero-order chi connectivity index (χ0) is 18.4. The van der Waals surface area contributed by atoms with Crippen LogP contribution in [0.1, 0.15) is 11.1 Å². The number of ether oxygens (including phenoxy) is 3. The van der Waals surface area contributed by atoms with Crippen LogP contribution in [0, 0.1) is 21.4 Å². The molecule has 0 fully saturated rings. The first kappa shape index (κ1) is 17.8. The van der Waals surface area contributed by atoms with Crippen LogP contribution >= 0.6 is 0 Å². The number of nitro groups is 1. The summed E-state index contributed by atoms with van der Waals surface area (Å²) in [6, 6.07) is 11.2. The van der Waals surface area contributed by atoms with Crippen molar-refractivity contribution in [3.8, 4) is 23.3 Å². The SMILES string of the molecule is COc1cc(OC)c(OC)cc1/C=C(/C#N)c1ccc([N+](=O)[O-])cc1. The van der Waals surface area contributed by atoms with E-state index in [0.717, 1.165) is 0 Å². The number of allylic oxidation sites excluding steroid dienone is 1. The van der Waals surface area contributed by atoms with Crippen LogP contribution in [0.3, 0.4) is 0 Å². The van der Waals surface area contributed by atoms with Gasteiger partial charge in [-0.3, -0.25) is 10.1 Å². The summed E-state index contributed by atoms with van der Waals surface area (Å²) in [5.74, 6) is 1.51. The first-order valence-electron chi connectivity index (χ1n) is 7.20. The Kier molecular flexibility index (Phi) is 5.58. The van der Waals surface area contributed by atoms with Crippen molar-refractivity contribution in [2.24, 2.45) is 0 Å². The van der Waals surface area contributed by atoms with Crippen molar-refractivity contribution in [2.75, 3.05) is 21.3 Å². The Hall–Kier alpha value is -3.53. The van der Waals surface area contributed by atoms with Crippen molar-refractivity contribution in [3.05, 3.63) is 57.6 Å². The number of rotatable bonds is 6. The highest BCUT2D eigenvalue weighted by molar-refractivity contribution is 5.91. The van der Waals surface area contributed by atoms with Gasteiger partial charge in [0.05, 0.1) is 37.9 Å². The van der Waals surface area contributed by atoms with E-state index in [1.165, 1.54) is 45.6 Å². The molecule has 0 aliphatic heterocycles. The van der Waals surface area contributed by atoms with Crippen molar-refractivity contribution in [1.29, 1.82) is 5.26 Å². The normalized spacial score (nSPS) is 10.7. The highest BCUT2D eigenvalue weighted by atomic mass is 16.6. The maximum Gasteiger partial charge on any atom is 0.269 e. The van der Waals surface area contributed by atoms with Gasteiger partial charge in [0.25, 0.3) is 5.69 Å². The predicted octanol–water partition coefficient (Wildman–Crippen LogP) is 3.68. The van der Waals surface area contributed by atoms with E-state index in [4.69, 9.17) is 14.2 Å². The molecule has 2 aromatic carbocycles. The monoisotopic (exact) mass is 340 g/mol. The minimum atomic E-state index is -0.489. The Morgan fingerprint density at radius 3 is 2.08 bits per heavy atom. The minimum absolute atomic E-state index is 0.0373. The number of nitrogens with zero attached hydrogens (tertiary/aromatic N) is 2. The average molecular weight is 340 g/mol. The Labute approximate surface area is 144 Å². The first-order chi connectivity index (χ1) is 12.0. The lowest BCUT2D eigenvalue weighted by molar-refractivity contribution is -0.384. The molecule has 7 heteroatoms. The van der Waals surface area contributed by atoms with Crippen molar-refractivity contribution in [1.82, 2.24) is 0 Å². The molecule has 2 rings (SSSR count). The maximum atomic E-state index is 10.7. The molecule has 0 spiro atoms. The summed E-state index contributed by atoms with van der Waals surface area (Å²) in [5.41, 5.74) is 1.48. The van der Waals surface area contributed by atoms with Gasteiger partial charge in [0.15, 0.2) is 11.5 Å². The van der Waals surface area contributed by atoms with Crippen molar-refractivity contribution < 1.29 is 19.1 Å².